The quantitative estimate of drug-likeness (QED) is 0.413. The summed E-state index contributed by atoms with van der Waals surface area (Å²) in [4.78, 5) is 24.8. The second kappa shape index (κ2) is 7.14. The molecule has 1 aromatic rings. The Kier molecular flexibility index (Phi) is 5.52. The number of primary amides is 1. The number of unbranched alkanes of at least 4 members (excludes halogenated alkanes) is 1. The maximum Gasteiger partial charge on any atom is 0.311 e. The molecule has 19 heavy (non-hydrogen) atoms. The van der Waals surface area contributed by atoms with Crippen molar-refractivity contribution in [2.45, 2.75) is 19.3 Å². The van der Waals surface area contributed by atoms with Crippen molar-refractivity contribution < 1.29 is 14.5 Å². The SMILES string of the molecule is COc1ccc([N+](=O)[O-])c(NCCCCC(N)=O)n1. The van der Waals surface area contributed by atoms with Crippen molar-refractivity contribution in [2.75, 3.05) is 19.0 Å². The Morgan fingerprint density at radius 1 is 1.53 bits per heavy atom. The van der Waals surface area contributed by atoms with Gasteiger partial charge in [0, 0.05) is 25.1 Å². The highest BCUT2D eigenvalue weighted by Crippen LogP contribution is 2.24. The van der Waals surface area contributed by atoms with Crippen molar-refractivity contribution in [2.24, 2.45) is 5.73 Å². The minimum Gasteiger partial charge on any atom is -0.481 e. The number of rotatable bonds is 8. The summed E-state index contributed by atoms with van der Waals surface area (Å²) in [5.41, 5.74) is 4.89. The van der Waals surface area contributed by atoms with Gasteiger partial charge in [-0.25, -0.2) is 0 Å². The van der Waals surface area contributed by atoms with Gasteiger partial charge < -0.3 is 15.8 Å². The topological polar surface area (TPSA) is 120 Å². The first kappa shape index (κ1) is 14.7. The number of carbonyl (C=O) groups excluding carboxylic acids is 1. The lowest BCUT2D eigenvalue weighted by molar-refractivity contribution is -0.384. The third-order valence-corrected chi connectivity index (χ3v) is 2.40. The van der Waals surface area contributed by atoms with Crippen LogP contribution in [0.1, 0.15) is 19.3 Å². The largest absolute Gasteiger partial charge is 0.481 e. The number of hydrogen-bond donors (Lipinski definition) is 2. The number of carbonyl (C=O) groups is 1. The third kappa shape index (κ3) is 4.78. The molecule has 8 heteroatoms. The molecule has 0 aliphatic carbocycles. The van der Waals surface area contributed by atoms with Gasteiger partial charge in [0.05, 0.1) is 12.0 Å². The lowest BCUT2D eigenvalue weighted by Gasteiger charge is -2.07. The number of amides is 1. The average molecular weight is 268 g/mol. The van der Waals surface area contributed by atoms with Crippen molar-refractivity contribution in [3.05, 3.63) is 22.2 Å². The predicted octanol–water partition coefficient (Wildman–Crippen LogP) is 1.07. The standard InChI is InChI=1S/C11H16N4O4/c1-19-10-6-5-8(15(17)18)11(14-10)13-7-3-2-4-9(12)16/h5-6H,2-4,7H2,1H3,(H2,12,16)(H,13,14). The third-order valence-electron chi connectivity index (χ3n) is 2.40. The van der Waals surface area contributed by atoms with Crippen molar-refractivity contribution in [3.63, 3.8) is 0 Å². The highest BCUT2D eigenvalue weighted by atomic mass is 16.6. The summed E-state index contributed by atoms with van der Waals surface area (Å²) in [5, 5.41) is 13.7. The number of nitro groups is 1. The molecule has 1 rings (SSSR count). The number of hydrogen-bond acceptors (Lipinski definition) is 6. The smallest absolute Gasteiger partial charge is 0.311 e. The molecule has 0 spiro atoms. The zero-order valence-corrected chi connectivity index (χ0v) is 10.6. The van der Waals surface area contributed by atoms with E-state index in [0.29, 0.717) is 31.7 Å². The van der Waals surface area contributed by atoms with Gasteiger partial charge in [-0.15, -0.1) is 0 Å². The molecule has 0 saturated carbocycles. The Labute approximate surface area is 110 Å². The van der Waals surface area contributed by atoms with Crippen LogP contribution in [0.5, 0.6) is 5.88 Å². The van der Waals surface area contributed by atoms with Gasteiger partial charge in [-0.1, -0.05) is 0 Å². The fourth-order valence-corrected chi connectivity index (χ4v) is 1.46. The number of methoxy groups -OCH3 is 1. The lowest BCUT2D eigenvalue weighted by atomic mass is 10.2. The van der Waals surface area contributed by atoms with Crippen molar-refractivity contribution in [3.8, 4) is 5.88 Å². The highest BCUT2D eigenvalue weighted by Gasteiger charge is 2.15. The van der Waals surface area contributed by atoms with Gasteiger partial charge in [0.1, 0.15) is 0 Å². The Bertz CT molecular complexity index is 464. The van der Waals surface area contributed by atoms with Crippen molar-refractivity contribution >= 4 is 17.4 Å². The normalized spacial score (nSPS) is 9.95. The number of nitrogens with two attached hydrogens (primary N) is 1. The molecular formula is C11H16N4O4. The maximum atomic E-state index is 10.8. The van der Waals surface area contributed by atoms with Crippen LogP contribution >= 0.6 is 0 Å². The van der Waals surface area contributed by atoms with E-state index in [4.69, 9.17) is 10.5 Å². The molecule has 1 heterocycles. The first-order chi connectivity index (χ1) is 9.04. The number of pyridine rings is 1. The van der Waals surface area contributed by atoms with E-state index in [2.05, 4.69) is 10.3 Å². The van der Waals surface area contributed by atoms with Crippen LogP contribution in [0.2, 0.25) is 0 Å². The molecule has 1 amide bonds. The van der Waals surface area contributed by atoms with Crippen LogP contribution in [0.4, 0.5) is 11.5 Å². The van der Waals surface area contributed by atoms with Crippen LogP contribution in [0.3, 0.4) is 0 Å². The van der Waals surface area contributed by atoms with Gasteiger partial charge in [-0.3, -0.25) is 14.9 Å². The number of ether oxygens (including phenoxy) is 1. The van der Waals surface area contributed by atoms with E-state index in [-0.39, 0.29) is 17.4 Å². The Morgan fingerprint density at radius 3 is 2.84 bits per heavy atom. The minimum absolute atomic E-state index is 0.115. The summed E-state index contributed by atoms with van der Waals surface area (Å²) in [6.45, 7) is 0.467. The summed E-state index contributed by atoms with van der Waals surface area (Å²) >= 11 is 0. The molecule has 0 aromatic carbocycles. The van der Waals surface area contributed by atoms with Crippen molar-refractivity contribution in [1.29, 1.82) is 0 Å². The van der Waals surface area contributed by atoms with E-state index in [0.717, 1.165) is 0 Å². The van der Waals surface area contributed by atoms with Gasteiger partial charge in [-0.2, -0.15) is 4.98 Å². The van der Waals surface area contributed by atoms with Gasteiger partial charge in [0.25, 0.3) is 0 Å². The van der Waals surface area contributed by atoms with Crippen molar-refractivity contribution in [1.82, 2.24) is 4.98 Å². The Hall–Kier alpha value is -2.38. The molecule has 0 bridgehead atoms. The van der Waals surface area contributed by atoms with Gasteiger partial charge in [0.15, 0.2) is 0 Å². The number of anilines is 1. The fourth-order valence-electron chi connectivity index (χ4n) is 1.46. The van der Waals surface area contributed by atoms with E-state index in [9.17, 15) is 14.9 Å². The minimum atomic E-state index is -0.516. The predicted molar refractivity (Wildman–Crippen MR) is 69.0 cm³/mol. The van der Waals surface area contributed by atoms with Gasteiger partial charge >= 0.3 is 5.69 Å². The first-order valence-electron chi connectivity index (χ1n) is 5.76. The summed E-state index contributed by atoms with van der Waals surface area (Å²) in [6, 6.07) is 2.76. The Morgan fingerprint density at radius 2 is 2.26 bits per heavy atom. The van der Waals surface area contributed by atoms with Crippen LogP contribution in [0.15, 0.2) is 12.1 Å². The summed E-state index contributed by atoms with van der Waals surface area (Å²) in [7, 11) is 1.44. The Balaban J connectivity index is 2.59. The molecule has 3 N–H and O–H groups in total. The maximum absolute atomic E-state index is 10.8. The number of nitrogens with zero attached hydrogens (tertiary/aromatic N) is 2. The highest BCUT2D eigenvalue weighted by molar-refractivity contribution is 5.73. The van der Waals surface area contributed by atoms with E-state index >= 15 is 0 Å². The second-order valence-corrected chi connectivity index (χ2v) is 3.83. The van der Waals surface area contributed by atoms with Crippen LogP contribution in [0, 0.1) is 10.1 Å². The molecule has 0 fully saturated rings. The molecule has 1 aromatic heterocycles. The molecular weight excluding hydrogens is 252 g/mol. The monoisotopic (exact) mass is 268 g/mol. The van der Waals surface area contributed by atoms with Crippen LogP contribution in [-0.4, -0.2) is 29.5 Å². The summed E-state index contributed by atoms with van der Waals surface area (Å²) in [6.07, 6.45) is 1.59. The second-order valence-electron chi connectivity index (χ2n) is 3.83. The molecule has 104 valence electrons. The van der Waals surface area contributed by atoms with E-state index in [1.165, 1.54) is 19.2 Å². The molecule has 8 nitrogen and oxygen atoms in total. The van der Waals surface area contributed by atoms with Crippen LogP contribution < -0.4 is 15.8 Å². The number of nitrogens with one attached hydrogen (secondary N) is 1. The van der Waals surface area contributed by atoms with Gasteiger partial charge in [0.2, 0.25) is 17.6 Å². The molecule has 0 saturated heterocycles. The fraction of sp³-hybridized carbons (Fsp3) is 0.455. The zero-order chi connectivity index (χ0) is 14.3. The number of aromatic nitrogens is 1. The molecule has 0 radical (unpaired) electrons. The molecule has 0 unspecified atom stereocenters. The van der Waals surface area contributed by atoms with E-state index < -0.39 is 4.92 Å². The average Bonchev–Trinajstić information content (AvgIpc) is 2.37. The van der Waals surface area contributed by atoms with Crippen LogP contribution in [-0.2, 0) is 4.79 Å². The molecule has 0 atom stereocenters. The molecule has 0 aliphatic rings. The summed E-state index contributed by atoms with van der Waals surface area (Å²) < 4.78 is 4.91. The first-order valence-corrected chi connectivity index (χ1v) is 5.76. The van der Waals surface area contributed by atoms with Gasteiger partial charge in [-0.05, 0) is 12.8 Å². The zero-order valence-electron chi connectivity index (χ0n) is 10.6. The van der Waals surface area contributed by atoms with Crippen LogP contribution in [0.25, 0.3) is 0 Å². The van der Waals surface area contributed by atoms with E-state index in [1.807, 2.05) is 0 Å². The molecule has 0 aliphatic heterocycles. The summed E-state index contributed by atoms with van der Waals surface area (Å²) in [5.74, 6) is 0.0964. The lowest BCUT2D eigenvalue weighted by Crippen LogP contribution is -2.11. The van der Waals surface area contributed by atoms with E-state index in [1.54, 1.807) is 0 Å².